The Balaban J connectivity index is 2.07. The molecule has 0 atom stereocenters. The van der Waals surface area contributed by atoms with Gasteiger partial charge >= 0.3 is 0 Å². The highest BCUT2D eigenvalue weighted by Crippen LogP contribution is 2.28. The number of hydrogen-bond acceptors (Lipinski definition) is 3. The van der Waals surface area contributed by atoms with Gasteiger partial charge in [-0.15, -0.1) is 4.40 Å². The summed E-state index contributed by atoms with van der Waals surface area (Å²) in [6.45, 7) is 0. The van der Waals surface area contributed by atoms with Crippen LogP contribution in [0.25, 0.3) is 0 Å². The third-order valence-electron chi connectivity index (χ3n) is 2.64. The summed E-state index contributed by atoms with van der Waals surface area (Å²) < 4.78 is 34.0. The molecule has 0 N–H and O–H groups in total. The highest BCUT2D eigenvalue weighted by molar-refractivity contribution is 14.1. The van der Waals surface area contributed by atoms with Crippen molar-refractivity contribution >= 4 is 38.5 Å². The van der Waals surface area contributed by atoms with E-state index >= 15 is 0 Å². The lowest BCUT2D eigenvalue weighted by Crippen LogP contribution is -2.08. The molecule has 96 valence electrons. The molecule has 0 unspecified atom stereocenters. The quantitative estimate of drug-likeness (QED) is 0.710. The normalized spacial score (nSPS) is 15.7. The second kappa shape index (κ2) is 4.61. The lowest BCUT2D eigenvalue weighted by atomic mass is 10.2. The van der Waals surface area contributed by atoms with Crippen LogP contribution in [-0.2, 0) is 10.0 Å². The molecule has 1 heterocycles. The molecule has 3 rings (SSSR count). The van der Waals surface area contributed by atoms with Crippen molar-refractivity contribution in [2.24, 2.45) is 4.40 Å². The van der Waals surface area contributed by atoms with Gasteiger partial charge in [0.1, 0.15) is 10.6 Å². The van der Waals surface area contributed by atoms with Gasteiger partial charge in [-0.1, -0.05) is 24.3 Å². The fourth-order valence-corrected chi connectivity index (χ4v) is 3.41. The van der Waals surface area contributed by atoms with Gasteiger partial charge in [-0.25, -0.2) is 0 Å². The molecule has 0 bridgehead atoms. The standard InChI is InChI=1S/C13H8INO3S/c14-10-6-2-3-7-11(10)18-13-9-5-1-4-8-12(9)19(16,17)15-13/h1-8H. The van der Waals surface area contributed by atoms with Gasteiger partial charge in [-0.2, -0.15) is 8.42 Å². The summed E-state index contributed by atoms with van der Waals surface area (Å²) in [5.41, 5.74) is 0.502. The molecule has 0 radical (unpaired) electrons. The average molecular weight is 385 g/mol. The Labute approximate surface area is 124 Å². The summed E-state index contributed by atoms with van der Waals surface area (Å²) in [5, 5.41) is 0. The van der Waals surface area contributed by atoms with Gasteiger partial charge in [0, 0.05) is 0 Å². The van der Waals surface area contributed by atoms with E-state index in [0.29, 0.717) is 11.3 Å². The average Bonchev–Trinajstić information content (AvgIpc) is 2.65. The maximum atomic E-state index is 11.9. The van der Waals surface area contributed by atoms with Crippen LogP contribution >= 0.6 is 22.6 Å². The first-order valence-electron chi connectivity index (χ1n) is 5.45. The molecular weight excluding hydrogens is 377 g/mol. The summed E-state index contributed by atoms with van der Waals surface area (Å²) in [5.74, 6) is 0.716. The maximum absolute atomic E-state index is 11.9. The first kappa shape index (κ1) is 12.6. The predicted molar refractivity (Wildman–Crippen MR) is 80.0 cm³/mol. The van der Waals surface area contributed by atoms with E-state index in [0.717, 1.165) is 3.57 Å². The molecule has 0 aromatic heterocycles. The van der Waals surface area contributed by atoms with Gasteiger partial charge in [-0.05, 0) is 46.9 Å². The number of hydrogen-bond donors (Lipinski definition) is 0. The molecular formula is C13H8INO3S. The highest BCUT2D eigenvalue weighted by atomic mass is 127. The number of ether oxygens (including phenoxy) is 1. The molecule has 0 aliphatic carbocycles. The topological polar surface area (TPSA) is 55.7 Å². The zero-order valence-electron chi connectivity index (χ0n) is 9.58. The smallest absolute Gasteiger partial charge is 0.286 e. The van der Waals surface area contributed by atoms with Crippen LogP contribution in [0.3, 0.4) is 0 Å². The minimum Gasteiger partial charge on any atom is -0.437 e. The van der Waals surface area contributed by atoms with Crippen molar-refractivity contribution in [3.8, 4) is 5.75 Å². The van der Waals surface area contributed by atoms with Crippen LogP contribution in [0.5, 0.6) is 5.75 Å². The number of halogens is 1. The number of para-hydroxylation sites is 1. The monoisotopic (exact) mass is 385 g/mol. The Hall–Kier alpha value is -1.41. The van der Waals surface area contributed by atoms with Crippen molar-refractivity contribution < 1.29 is 13.2 Å². The van der Waals surface area contributed by atoms with Crippen molar-refractivity contribution in [1.29, 1.82) is 0 Å². The van der Waals surface area contributed by atoms with Crippen LogP contribution < -0.4 is 4.74 Å². The second-order valence-electron chi connectivity index (χ2n) is 3.90. The SMILES string of the molecule is O=S1(=O)N=C(Oc2ccccc2I)c2ccccc21. The molecule has 4 nitrogen and oxygen atoms in total. The lowest BCUT2D eigenvalue weighted by molar-refractivity contribution is 0.550. The molecule has 1 aliphatic rings. The molecule has 0 saturated carbocycles. The molecule has 1 aliphatic heterocycles. The minimum atomic E-state index is -3.63. The first-order valence-corrected chi connectivity index (χ1v) is 7.96. The molecule has 2 aromatic carbocycles. The van der Waals surface area contributed by atoms with Crippen LogP contribution in [-0.4, -0.2) is 14.3 Å². The van der Waals surface area contributed by atoms with E-state index < -0.39 is 10.0 Å². The fraction of sp³-hybridized carbons (Fsp3) is 0. The fourth-order valence-electron chi connectivity index (χ4n) is 1.78. The number of rotatable bonds is 1. The molecule has 19 heavy (non-hydrogen) atoms. The highest BCUT2D eigenvalue weighted by Gasteiger charge is 2.30. The first-order chi connectivity index (χ1) is 9.08. The van der Waals surface area contributed by atoms with E-state index in [1.54, 1.807) is 24.3 Å². The Bertz CT molecular complexity index is 784. The van der Waals surface area contributed by atoms with Crippen molar-refractivity contribution in [2.75, 3.05) is 0 Å². The van der Waals surface area contributed by atoms with Gasteiger partial charge in [0.15, 0.2) is 0 Å². The maximum Gasteiger partial charge on any atom is 0.286 e. The number of nitrogens with zero attached hydrogens (tertiary/aromatic N) is 1. The number of fused-ring (bicyclic) bond motifs is 1. The van der Waals surface area contributed by atoms with Crippen LogP contribution in [0.2, 0.25) is 0 Å². The van der Waals surface area contributed by atoms with Crippen molar-refractivity contribution in [3.63, 3.8) is 0 Å². The van der Waals surface area contributed by atoms with E-state index in [1.165, 1.54) is 6.07 Å². The van der Waals surface area contributed by atoms with Crippen molar-refractivity contribution in [3.05, 3.63) is 57.7 Å². The predicted octanol–water partition coefficient (Wildman–Crippen LogP) is 2.82. The lowest BCUT2D eigenvalue weighted by Gasteiger charge is -2.06. The van der Waals surface area contributed by atoms with Crippen molar-refractivity contribution in [1.82, 2.24) is 0 Å². The van der Waals surface area contributed by atoms with E-state index in [-0.39, 0.29) is 10.8 Å². The Morgan fingerprint density at radius 2 is 1.68 bits per heavy atom. The third kappa shape index (κ3) is 2.25. The van der Waals surface area contributed by atoms with E-state index in [4.69, 9.17) is 4.74 Å². The van der Waals surface area contributed by atoms with Crippen LogP contribution in [0.4, 0.5) is 0 Å². The number of benzene rings is 2. The number of sulfonamides is 1. The third-order valence-corrected chi connectivity index (χ3v) is 4.85. The molecule has 0 amide bonds. The summed E-state index contributed by atoms with van der Waals surface area (Å²) in [7, 11) is -3.63. The molecule has 6 heteroatoms. The van der Waals surface area contributed by atoms with E-state index in [1.807, 2.05) is 18.2 Å². The van der Waals surface area contributed by atoms with Gasteiger partial charge in [0.05, 0.1) is 9.13 Å². The zero-order chi connectivity index (χ0) is 13.5. The summed E-state index contributed by atoms with van der Waals surface area (Å²) in [6.07, 6.45) is 0. The van der Waals surface area contributed by atoms with Crippen LogP contribution in [0.15, 0.2) is 57.8 Å². The molecule has 0 saturated heterocycles. The summed E-state index contributed by atoms with van der Waals surface area (Å²) >= 11 is 2.13. The van der Waals surface area contributed by atoms with Crippen molar-refractivity contribution in [2.45, 2.75) is 4.90 Å². The van der Waals surface area contributed by atoms with E-state index in [2.05, 4.69) is 27.0 Å². The Kier molecular flexibility index (Phi) is 3.06. The molecule has 2 aromatic rings. The zero-order valence-corrected chi connectivity index (χ0v) is 12.6. The van der Waals surface area contributed by atoms with Gasteiger partial charge < -0.3 is 4.74 Å². The van der Waals surface area contributed by atoms with Crippen LogP contribution in [0, 0.1) is 3.57 Å². The Morgan fingerprint density at radius 1 is 1.00 bits per heavy atom. The molecule has 0 fully saturated rings. The second-order valence-corrected chi connectivity index (χ2v) is 6.63. The van der Waals surface area contributed by atoms with Crippen LogP contribution in [0.1, 0.15) is 5.56 Å². The van der Waals surface area contributed by atoms with E-state index in [9.17, 15) is 8.42 Å². The van der Waals surface area contributed by atoms with Gasteiger partial charge in [-0.3, -0.25) is 0 Å². The summed E-state index contributed by atoms with van der Waals surface area (Å²) in [4.78, 5) is 0.191. The van der Waals surface area contributed by atoms with Gasteiger partial charge in [0.25, 0.3) is 10.0 Å². The summed E-state index contributed by atoms with van der Waals surface area (Å²) in [6, 6.07) is 14.0. The minimum absolute atomic E-state index is 0.125. The molecule has 0 spiro atoms. The largest absolute Gasteiger partial charge is 0.437 e. The Morgan fingerprint density at radius 3 is 2.47 bits per heavy atom. The van der Waals surface area contributed by atoms with Gasteiger partial charge in [0.2, 0.25) is 5.90 Å².